The number of hydrogen-bond donors (Lipinski definition) is 1. The van der Waals surface area contributed by atoms with E-state index in [2.05, 4.69) is 17.4 Å². The fraction of sp³-hybridized carbons (Fsp3) is 0.208. The molecule has 0 saturated heterocycles. The summed E-state index contributed by atoms with van der Waals surface area (Å²) in [7, 11) is 0. The lowest BCUT2D eigenvalue weighted by Crippen LogP contribution is -2.25. The van der Waals surface area contributed by atoms with Crippen molar-refractivity contribution in [3.8, 4) is 5.75 Å². The van der Waals surface area contributed by atoms with E-state index in [4.69, 9.17) is 16.3 Å². The molecule has 0 bridgehead atoms. The lowest BCUT2D eigenvalue weighted by Gasteiger charge is -2.12. The summed E-state index contributed by atoms with van der Waals surface area (Å²) in [5, 5.41) is 3.73. The van der Waals surface area contributed by atoms with Gasteiger partial charge in [-0.05, 0) is 61.4 Å². The van der Waals surface area contributed by atoms with E-state index in [1.165, 1.54) is 5.56 Å². The largest absolute Gasteiger partial charge is 0.494 e. The second-order valence-corrected chi connectivity index (χ2v) is 7.97. The van der Waals surface area contributed by atoms with Gasteiger partial charge in [-0.25, -0.2) is 0 Å². The molecule has 3 aromatic rings. The zero-order valence-electron chi connectivity index (χ0n) is 16.4. The third-order valence-electron chi connectivity index (χ3n) is 4.37. The van der Waals surface area contributed by atoms with Crippen LogP contribution < -0.4 is 10.1 Å². The maximum atomic E-state index is 12.6. The van der Waals surface area contributed by atoms with Crippen LogP contribution in [0.15, 0.2) is 77.7 Å². The standard InChI is InChI=1S/C24H24ClNO2S/c1-2-28-23-13-8-19(24(27)26-15-14-18-6-4-3-5-7-18)16-20(23)17-29-22-11-9-21(25)10-12-22/h3-13,16H,2,14-15,17H2,1H3,(H,26,27). The minimum absolute atomic E-state index is 0.0678. The van der Waals surface area contributed by atoms with Gasteiger partial charge in [0.05, 0.1) is 6.61 Å². The van der Waals surface area contributed by atoms with Crippen LogP contribution in [0.3, 0.4) is 0 Å². The number of amides is 1. The van der Waals surface area contributed by atoms with Gasteiger partial charge in [-0.1, -0.05) is 41.9 Å². The van der Waals surface area contributed by atoms with E-state index in [1.54, 1.807) is 11.8 Å². The van der Waals surface area contributed by atoms with Crippen LogP contribution in [0.25, 0.3) is 0 Å². The highest BCUT2D eigenvalue weighted by Crippen LogP contribution is 2.29. The van der Waals surface area contributed by atoms with Crippen LogP contribution in [-0.4, -0.2) is 19.1 Å². The van der Waals surface area contributed by atoms with E-state index in [0.717, 1.165) is 27.7 Å². The average molecular weight is 426 g/mol. The van der Waals surface area contributed by atoms with Gasteiger partial charge in [-0.2, -0.15) is 0 Å². The Bertz CT molecular complexity index is 929. The van der Waals surface area contributed by atoms with Crippen molar-refractivity contribution >= 4 is 29.3 Å². The average Bonchev–Trinajstić information content (AvgIpc) is 2.75. The van der Waals surface area contributed by atoms with Crippen molar-refractivity contribution < 1.29 is 9.53 Å². The molecule has 1 amide bonds. The van der Waals surface area contributed by atoms with E-state index >= 15 is 0 Å². The third-order valence-corrected chi connectivity index (χ3v) is 5.69. The molecule has 0 spiro atoms. The first-order chi connectivity index (χ1) is 14.2. The van der Waals surface area contributed by atoms with E-state index < -0.39 is 0 Å². The van der Waals surface area contributed by atoms with Crippen molar-refractivity contribution in [3.63, 3.8) is 0 Å². The Labute approximate surface area is 181 Å². The molecule has 0 fully saturated rings. The van der Waals surface area contributed by atoms with Crippen molar-refractivity contribution in [1.82, 2.24) is 5.32 Å². The first kappa shape index (κ1) is 21.3. The Kier molecular flexibility index (Phi) is 8.03. The highest BCUT2D eigenvalue weighted by atomic mass is 35.5. The summed E-state index contributed by atoms with van der Waals surface area (Å²) in [5.41, 5.74) is 2.86. The van der Waals surface area contributed by atoms with E-state index in [-0.39, 0.29) is 5.91 Å². The Morgan fingerprint density at radius 2 is 1.79 bits per heavy atom. The van der Waals surface area contributed by atoms with Gasteiger partial charge in [-0.15, -0.1) is 11.8 Å². The highest BCUT2D eigenvalue weighted by molar-refractivity contribution is 7.98. The smallest absolute Gasteiger partial charge is 0.251 e. The summed E-state index contributed by atoms with van der Waals surface area (Å²) in [6.45, 7) is 3.15. The van der Waals surface area contributed by atoms with Crippen molar-refractivity contribution in [2.24, 2.45) is 0 Å². The Hall–Kier alpha value is -2.43. The molecule has 0 radical (unpaired) electrons. The lowest BCUT2D eigenvalue weighted by atomic mass is 10.1. The highest BCUT2D eigenvalue weighted by Gasteiger charge is 2.11. The molecule has 150 valence electrons. The molecule has 0 aliphatic carbocycles. The summed E-state index contributed by atoms with van der Waals surface area (Å²) in [4.78, 5) is 13.7. The van der Waals surface area contributed by atoms with Gasteiger partial charge in [0.2, 0.25) is 0 Å². The van der Waals surface area contributed by atoms with Gasteiger partial charge in [-0.3, -0.25) is 4.79 Å². The molecule has 0 saturated carbocycles. The van der Waals surface area contributed by atoms with Crippen molar-refractivity contribution in [2.45, 2.75) is 24.0 Å². The molecule has 0 heterocycles. The summed E-state index contributed by atoms with van der Waals surface area (Å²) in [6, 6.07) is 23.5. The van der Waals surface area contributed by atoms with Gasteiger partial charge in [0, 0.05) is 33.3 Å². The number of ether oxygens (including phenoxy) is 1. The number of carbonyl (C=O) groups excluding carboxylic acids is 1. The first-order valence-corrected chi connectivity index (χ1v) is 11.0. The molecule has 29 heavy (non-hydrogen) atoms. The molecule has 0 atom stereocenters. The SMILES string of the molecule is CCOc1ccc(C(=O)NCCc2ccccc2)cc1CSc1ccc(Cl)cc1. The number of halogens is 1. The first-order valence-electron chi connectivity index (χ1n) is 9.62. The molecule has 3 nitrogen and oxygen atoms in total. The summed E-state index contributed by atoms with van der Waals surface area (Å²) >= 11 is 7.65. The number of thioether (sulfide) groups is 1. The predicted molar refractivity (Wildman–Crippen MR) is 121 cm³/mol. The Balaban J connectivity index is 1.64. The summed E-state index contributed by atoms with van der Waals surface area (Å²) < 4.78 is 5.75. The van der Waals surface area contributed by atoms with Crippen LogP contribution in [0.4, 0.5) is 0 Å². The van der Waals surface area contributed by atoms with Crippen molar-refractivity contribution in [2.75, 3.05) is 13.2 Å². The summed E-state index contributed by atoms with van der Waals surface area (Å²) in [6.07, 6.45) is 0.808. The molecule has 5 heteroatoms. The van der Waals surface area contributed by atoms with Crippen LogP contribution >= 0.6 is 23.4 Å². The quantitative estimate of drug-likeness (QED) is 0.427. The fourth-order valence-corrected chi connectivity index (χ4v) is 3.89. The van der Waals surface area contributed by atoms with Crippen LogP contribution in [0.5, 0.6) is 5.75 Å². The van der Waals surface area contributed by atoms with Gasteiger partial charge < -0.3 is 10.1 Å². The van der Waals surface area contributed by atoms with Gasteiger partial charge >= 0.3 is 0 Å². The van der Waals surface area contributed by atoms with E-state index in [0.29, 0.717) is 24.5 Å². The lowest BCUT2D eigenvalue weighted by molar-refractivity contribution is 0.0954. The topological polar surface area (TPSA) is 38.3 Å². The molecule has 0 unspecified atom stereocenters. The molecule has 1 N–H and O–H groups in total. The van der Waals surface area contributed by atoms with E-state index in [9.17, 15) is 4.79 Å². The van der Waals surface area contributed by atoms with Gasteiger partial charge in [0.15, 0.2) is 0 Å². The zero-order valence-corrected chi connectivity index (χ0v) is 17.9. The zero-order chi connectivity index (χ0) is 20.5. The number of nitrogens with one attached hydrogen (secondary N) is 1. The number of rotatable bonds is 9. The number of benzene rings is 3. The molecule has 0 aliphatic heterocycles. The molecule has 3 rings (SSSR count). The minimum atomic E-state index is -0.0678. The van der Waals surface area contributed by atoms with Gasteiger partial charge in [0.25, 0.3) is 5.91 Å². The molecule has 3 aromatic carbocycles. The van der Waals surface area contributed by atoms with Crippen molar-refractivity contribution in [1.29, 1.82) is 0 Å². The van der Waals surface area contributed by atoms with Crippen LogP contribution in [0.2, 0.25) is 5.02 Å². The monoisotopic (exact) mass is 425 g/mol. The Morgan fingerprint density at radius 1 is 1.03 bits per heavy atom. The number of hydrogen-bond acceptors (Lipinski definition) is 3. The molecule has 0 aliphatic rings. The maximum Gasteiger partial charge on any atom is 0.251 e. The maximum absolute atomic E-state index is 12.6. The number of carbonyl (C=O) groups is 1. The normalized spacial score (nSPS) is 10.6. The molecule has 0 aromatic heterocycles. The van der Waals surface area contributed by atoms with Crippen molar-refractivity contribution in [3.05, 3.63) is 94.5 Å². The Morgan fingerprint density at radius 3 is 2.52 bits per heavy atom. The van der Waals surface area contributed by atoms with Crippen LogP contribution in [0.1, 0.15) is 28.4 Å². The van der Waals surface area contributed by atoms with E-state index in [1.807, 2.05) is 67.6 Å². The second-order valence-electron chi connectivity index (χ2n) is 6.49. The molecular weight excluding hydrogens is 402 g/mol. The van der Waals surface area contributed by atoms with Gasteiger partial charge in [0.1, 0.15) is 5.75 Å². The van der Waals surface area contributed by atoms with Crippen LogP contribution in [-0.2, 0) is 12.2 Å². The predicted octanol–water partition coefficient (Wildman–Crippen LogP) is 6.00. The fourth-order valence-electron chi connectivity index (χ4n) is 2.89. The third kappa shape index (κ3) is 6.55. The molecular formula is C24H24ClNO2S. The summed E-state index contributed by atoms with van der Waals surface area (Å²) in [5.74, 6) is 1.46. The second kappa shape index (κ2) is 10.9. The minimum Gasteiger partial charge on any atom is -0.494 e. The van der Waals surface area contributed by atoms with Crippen LogP contribution in [0, 0.1) is 0 Å².